The zero-order chi connectivity index (χ0) is 21.2. The van der Waals surface area contributed by atoms with E-state index in [9.17, 15) is 28.2 Å². The van der Waals surface area contributed by atoms with Crippen LogP contribution < -0.4 is 11.2 Å². The molecule has 5 N–H and O–H groups in total. The smallest absolute Gasteiger partial charge is 0.371 e. The van der Waals surface area contributed by atoms with E-state index in [0.717, 1.165) is 6.07 Å². The minimum absolute atomic E-state index is 0.0986. The van der Waals surface area contributed by atoms with Crippen molar-refractivity contribution in [2.45, 2.75) is 31.6 Å². The molecule has 4 atom stereocenters. The maximum absolute atomic E-state index is 11.6. The highest BCUT2D eigenvalue weighted by atomic mass is 31.3. The van der Waals surface area contributed by atoms with Crippen LogP contribution in [0.4, 0.5) is 0 Å². The normalized spacial score (nSPS) is 24.6. The lowest BCUT2D eigenvalue weighted by molar-refractivity contribution is 0.00384. The molecule has 0 aromatic carbocycles. The fraction of sp³-hybridized carbons (Fsp3) is 0.600. The van der Waals surface area contributed by atoms with Crippen LogP contribution in [0.15, 0.2) is 21.9 Å². The van der Waals surface area contributed by atoms with E-state index in [1.807, 2.05) is 0 Å². The summed E-state index contributed by atoms with van der Waals surface area (Å²) < 4.78 is 51.8. The molecule has 0 saturated carbocycles. The molecule has 2 unspecified atom stereocenters. The van der Waals surface area contributed by atoms with E-state index in [-0.39, 0.29) is 6.54 Å². The van der Waals surface area contributed by atoms with E-state index >= 15 is 0 Å². The van der Waals surface area contributed by atoms with Gasteiger partial charge in [0.1, 0.15) is 0 Å². The fourth-order valence-corrected chi connectivity index (χ4v) is 5.37. The summed E-state index contributed by atoms with van der Waals surface area (Å²) in [5.74, 6) is 0. The molecule has 1 aromatic heterocycles. The topological polar surface area (TPSA) is 224 Å². The number of hydrogen-bond acceptors (Lipinski definition) is 9. The molecule has 0 aliphatic carbocycles. The molecule has 0 bridgehead atoms. The van der Waals surface area contributed by atoms with Gasteiger partial charge in [0.2, 0.25) is 0 Å². The molecule has 18 heteroatoms. The molecule has 160 valence electrons. The second-order valence-corrected chi connectivity index (χ2v) is 10.0. The van der Waals surface area contributed by atoms with Crippen molar-refractivity contribution in [3.8, 4) is 0 Å². The molecule has 2 rings (SSSR count). The zero-order valence-electron chi connectivity index (χ0n) is 13.9. The third-order valence-corrected chi connectivity index (χ3v) is 7.13. The minimum atomic E-state index is -5.57. The number of aromatic nitrogens is 2. The molecule has 1 aliphatic heterocycles. The lowest BCUT2D eigenvalue weighted by atomic mass is 10.2. The Kier molecular flexibility index (Phi) is 7.35. The van der Waals surface area contributed by atoms with Crippen LogP contribution in [0.25, 0.3) is 0 Å². The van der Waals surface area contributed by atoms with Crippen LogP contribution in [0.1, 0.15) is 12.8 Å². The average Bonchev–Trinajstić information content (AvgIpc) is 2.92. The molecular weight excluding hydrogens is 449 g/mol. The second kappa shape index (κ2) is 8.82. The Morgan fingerprint density at radius 2 is 1.71 bits per heavy atom. The van der Waals surface area contributed by atoms with Crippen molar-refractivity contribution in [2.75, 3.05) is 6.61 Å². The van der Waals surface area contributed by atoms with Crippen LogP contribution in [0.5, 0.6) is 0 Å². The van der Waals surface area contributed by atoms with E-state index in [1.54, 1.807) is 0 Å². The summed E-state index contributed by atoms with van der Waals surface area (Å²) in [7, 11) is -16.2. The van der Waals surface area contributed by atoms with Gasteiger partial charge in [-0.2, -0.15) is 8.62 Å². The number of nitrogens with one attached hydrogen (secondary N) is 1. The molecule has 1 saturated heterocycles. The van der Waals surface area contributed by atoms with E-state index in [1.165, 1.54) is 10.8 Å². The summed E-state index contributed by atoms with van der Waals surface area (Å²) in [6, 6.07) is 1.16. The number of aromatic amines is 1. The van der Waals surface area contributed by atoms with Gasteiger partial charge in [-0.15, -0.1) is 0 Å². The number of phosphoric acid groups is 3. The van der Waals surface area contributed by atoms with Gasteiger partial charge in [-0.3, -0.25) is 18.9 Å². The molecule has 1 fully saturated rings. The molecule has 1 aliphatic rings. The lowest BCUT2D eigenvalue weighted by Gasteiger charge is -2.18. The highest BCUT2D eigenvalue weighted by Gasteiger charge is 2.41. The Morgan fingerprint density at radius 1 is 1.07 bits per heavy atom. The van der Waals surface area contributed by atoms with Crippen LogP contribution in [-0.2, 0) is 38.1 Å². The summed E-state index contributed by atoms with van der Waals surface area (Å²) in [5, 5.41) is 0. The van der Waals surface area contributed by atoms with Crippen molar-refractivity contribution in [2.24, 2.45) is 0 Å². The van der Waals surface area contributed by atoms with Crippen LogP contribution in [0.2, 0.25) is 0 Å². The van der Waals surface area contributed by atoms with E-state index in [4.69, 9.17) is 19.4 Å². The number of phosphoric ester groups is 1. The van der Waals surface area contributed by atoms with Crippen molar-refractivity contribution >= 4 is 23.5 Å². The van der Waals surface area contributed by atoms with Crippen LogP contribution >= 0.6 is 23.5 Å². The molecule has 0 radical (unpaired) electrons. The summed E-state index contributed by atoms with van der Waals surface area (Å²) in [6.45, 7) is -0.456. The van der Waals surface area contributed by atoms with Crippen LogP contribution in [0.3, 0.4) is 0 Å². The Balaban J connectivity index is 1.85. The van der Waals surface area contributed by atoms with Gasteiger partial charge in [0, 0.05) is 12.3 Å². The predicted octanol–water partition coefficient (Wildman–Crippen LogP) is -0.573. The van der Waals surface area contributed by atoms with Gasteiger partial charge < -0.3 is 24.3 Å². The number of ether oxygens (including phenoxy) is 1. The highest BCUT2D eigenvalue weighted by molar-refractivity contribution is 7.66. The number of rotatable bonds is 9. The highest BCUT2D eigenvalue weighted by Crippen LogP contribution is 2.66. The average molecular weight is 466 g/mol. The van der Waals surface area contributed by atoms with Crippen molar-refractivity contribution in [3.05, 3.63) is 33.1 Å². The van der Waals surface area contributed by atoms with Crippen LogP contribution in [0, 0.1) is 0 Å². The monoisotopic (exact) mass is 466 g/mol. The summed E-state index contributed by atoms with van der Waals surface area (Å²) in [5.41, 5.74) is -1.18. The van der Waals surface area contributed by atoms with Gasteiger partial charge in [-0.1, -0.05) is 0 Å². The standard InChI is InChI=1S/C10H17N2O13P3/c13-9-3-4-12(10(14)11-9)5-7-1-2-8(23-7)6-22-27(18,19)25-28(20,21)24-26(15,16)17/h3-4,7-8H,1-2,5-6H2,(H,18,19)(H,20,21)(H,11,13,14)(H2,15,16,17)/t7-,8+/m1/s1. The molecule has 28 heavy (non-hydrogen) atoms. The Bertz CT molecular complexity index is 950. The summed E-state index contributed by atoms with van der Waals surface area (Å²) >= 11 is 0. The SMILES string of the molecule is O=c1ccn(C[C@H]2CC[C@@H](COP(=O)(O)OP(=O)(O)OP(=O)(O)O)O2)c(=O)[nH]1. The minimum Gasteiger partial charge on any atom is -0.371 e. The van der Waals surface area contributed by atoms with Gasteiger partial charge in [0.25, 0.3) is 5.56 Å². The Hall–Kier alpha value is -0.950. The first-order valence-electron chi connectivity index (χ1n) is 7.48. The van der Waals surface area contributed by atoms with Crippen molar-refractivity contribution in [1.29, 1.82) is 0 Å². The van der Waals surface area contributed by atoms with E-state index in [2.05, 4.69) is 18.1 Å². The molecule has 1 aromatic rings. The predicted molar refractivity (Wildman–Crippen MR) is 89.0 cm³/mol. The quantitative estimate of drug-likeness (QED) is 0.288. The first-order chi connectivity index (χ1) is 12.7. The van der Waals surface area contributed by atoms with Gasteiger partial charge in [-0.05, 0) is 12.8 Å². The Morgan fingerprint density at radius 3 is 2.32 bits per heavy atom. The number of nitrogens with zero attached hydrogens (tertiary/aromatic N) is 1. The van der Waals surface area contributed by atoms with E-state index in [0.29, 0.717) is 12.8 Å². The molecule has 0 amide bonds. The zero-order valence-corrected chi connectivity index (χ0v) is 16.6. The molecular formula is C10H17N2O13P3. The van der Waals surface area contributed by atoms with Crippen molar-refractivity contribution in [1.82, 2.24) is 9.55 Å². The first-order valence-corrected chi connectivity index (χ1v) is 12.0. The van der Waals surface area contributed by atoms with Crippen molar-refractivity contribution < 1.29 is 51.2 Å². The third kappa shape index (κ3) is 7.82. The maximum atomic E-state index is 11.6. The van der Waals surface area contributed by atoms with Crippen molar-refractivity contribution in [3.63, 3.8) is 0 Å². The van der Waals surface area contributed by atoms with Gasteiger partial charge in [0.05, 0.1) is 25.4 Å². The Labute approximate surface area is 156 Å². The summed E-state index contributed by atoms with van der Waals surface area (Å²) in [4.78, 5) is 60.0. The number of H-pyrrole nitrogens is 1. The van der Waals surface area contributed by atoms with Crippen LogP contribution in [-0.4, -0.2) is 47.9 Å². The third-order valence-electron chi connectivity index (χ3n) is 3.33. The fourth-order valence-electron chi connectivity index (χ4n) is 2.32. The molecule has 15 nitrogen and oxygen atoms in total. The molecule has 2 heterocycles. The van der Waals surface area contributed by atoms with Gasteiger partial charge in [0.15, 0.2) is 0 Å². The first kappa shape index (κ1) is 23.3. The van der Waals surface area contributed by atoms with Gasteiger partial charge >= 0.3 is 29.2 Å². The maximum Gasteiger partial charge on any atom is 0.490 e. The van der Waals surface area contributed by atoms with E-state index < -0.39 is 53.5 Å². The second-order valence-electron chi connectivity index (χ2n) is 5.61. The molecule has 0 spiro atoms. The number of hydrogen-bond donors (Lipinski definition) is 5. The largest absolute Gasteiger partial charge is 0.490 e. The lowest BCUT2D eigenvalue weighted by Crippen LogP contribution is -2.32. The van der Waals surface area contributed by atoms with Gasteiger partial charge in [-0.25, -0.2) is 18.5 Å². The summed E-state index contributed by atoms with van der Waals surface area (Å²) in [6.07, 6.45) is 0.866.